The molecule has 0 nitrogen and oxygen atoms in total. The Morgan fingerprint density at radius 2 is 1.45 bits per heavy atom. The predicted molar refractivity (Wildman–Crippen MR) is 168 cm³/mol. The molecule has 3 heteroatoms. The van der Waals surface area contributed by atoms with Crippen molar-refractivity contribution >= 4 is 14.9 Å². The summed E-state index contributed by atoms with van der Waals surface area (Å²) in [6, 6.07) is 25.9. The molecule has 6 rings (SSSR count). The molecule has 0 bridgehead atoms. The number of halogens is 2. The van der Waals surface area contributed by atoms with Gasteiger partial charge in [-0.25, -0.2) is 0 Å². The fourth-order valence-electron chi connectivity index (χ4n) is 6.26. The van der Waals surface area contributed by atoms with Crippen molar-refractivity contribution in [2.45, 2.75) is 59.8 Å². The Labute approximate surface area is 279 Å². The summed E-state index contributed by atoms with van der Waals surface area (Å²) in [4.78, 5) is 0. The average molecular weight is 670 g/mol. The van der Waals surface area contributed by atoms with Crippen molar-refractivity contribution in [2.75, 3.05) is 0 Å². The van der Waals surface area contributed by atoms with Gasteiger partial charge in [-0.2, -0.15) is 0 Å². The average Bonchev–Trinajstić information content (AvgIpc) is 3.69. The molecule has 0 atom stereocenters. The van der Waals surface area contributed by atoms with Crippen LogP contribution in [0, 0.1) is 5.41 Å². The Bertz CT molecular complexity index is 1610. The fourth-order valence-corrected chi connectivity index (χ4v) is 7.08. The van der Waals surface area contributed by atoms with Crippen molar-refractivity contribution < 1.29 is 49.0 Å². The molecule has 0 N–H and O–H groups in total. The van der Waals surface area contributed by atoms with Crippen molar-refractivity contribution in [1.29, 1.82) is 0 Å². The Kier molecular flexibility index (Phi) is 12.6. The third-order valence-electron chi connectivity index (χ3n) is 8.66. The summed E-state index contributed by atoms with van der Waals surface area (Å²) in [5, 5.41) is 2.74. The van der Waals surface area contributed by atoms with Crippen molar-refractivity contribution in [3.8, 4) is 0 Å². The van der Waals surface area contributed by atoms with Crippen molar-refractivity contribution in [2.24, 2.45) is 5.41 Å². The van der Waals surface area contributed by atoms with Crippen molar-refractivity contribution in [3.05, 3.63) is 153 Å². The maximum absolute atomic E-state index is 3.86. The third kappa shape index (κ3) is 6.75. The van der Waals surface area contributed by atoms with Crippen LogP contribution in [-0.2, 0) is 37.1 Å². The zero-order valence-electron chi connectivity index (χ0n) is 25.1. The topological polar surface area (TPSA) is 0 Å². The van der Waals surface area contributed by atoms with Crippen LogP contribution in [-0.4, -0.2) is 3.21 Å². The summed E-state index contributed by atoms with van der Waals surface area (Å²) >= 11 is 1.46. The molecule has 0 aromatic heterocycles. The zero-order valence-corrected chi connectivity index (χ0v) is 29.1. The van der Waals surface area contributed by atoms with E-state index >= 15 is 0 Å². The minimum absolute atomic E-state index is 0. The van der Waals surface area contributed by atoms with Crippen LogP contribution < -0.4 is 35.3 Å². The zero-order chi connectivity index (χ0) is 28.1. The molecule has 0 radical (unpaired) electrons. The first kappa shape index (κ1) is 34.2. The number of hydrogen-bond donors (Lipinski definition) is 0. The third-order valence-corrected chi connectivity index (χ3v) is 10.1. The number of fused-ring (bicyclic) bond motifs is 2. The van der Waals surface area contributed by atoms with E-state index in [-0.39, 0.29) is 30.2 Å². The molecule has 3 aromatic carbocycles. The number of hydrogen-bond acceptors (Lipinski definition) is 0. The summed E-state index contributed by atoms with van der Waals surface area (Å²) in [6.45, 7) is 9.18. The second-order valence-electron chi connectivity index (χ2n) is 10.8. The fraction of sp³-hybridized carbons (Fsp3) is 0.256. The molecule has 0 aliphatic heterocycles. The Balaban J connectivity index is 0.000000258. The summed E-state index contributed by atoms with van der Waals surface area (Å²) in [5.74, 6) is 0. The van der Waals surface area contributed by atoms with E-state index in [0.29, 0.717) is 0 Å². The van der Waals surface area contributed by atoms with E-state index in [0.717, 1.165) is 32.1 Å². The van der Waals surface area contributed by atoms with Gasteiger partial charge in [-0.3, -0.25) is 0 Å². The van der Waals surface area contributed by atoms with Gasteiger partial charge in [0.15, 0.2) is 0 Å². The summed E-state index contributed by atoms with van der Waals surface area (Å²) in [7, 11) is 0. The Morgan fingerprint density at radius 1 is 0.833 bits per heavy atom. The molecule has 0 heterocycles. The Morgan fingerprint density at radius 3 is 1.95 bits per heavy atom. The van der Waals surface area contributed by atoms with Crippen LogP contribution in [0.15, 0.2) is 120 Å². The van der Waals surface area contributed by atoms with Crippen LogP contribution in [0.25, 0.3) is 11.6 Å². The van der Waals surface area contributed by atoms with Gasteiger partial charge in [0, 0.05) is 0 Å². The molecule has 3 aromatic rings. The molecular formula is C39H39Cl2Zr-. The van der Waals surface area contributed by atoms with Gasteiger partial charge in [-0.15, -0.1) is 33.7 Å². The van der Waals surface area contributed by atoms with E-state index in [1.165, 1.54) is 82.4 Å². The number of rotatable bonds is 7. The van der Waals surface area contributed by atoms with E-state index in [1.807, 2.05) is 0 Å². The number of aryl methyl sites for hydroxylation is 2. The second kappa shape index (κ2) is 15.4. The summed E-state index contributed by atoms with van der Waals surface area (Å²) < 4.78 is 1.42. The SMILES string of the molecule is CCc1cc(CC)c2c(c1)=[C-]C1=C(C3=CC=CC3)C(CC)(CC)C=CC=21.[Cl-].[Cl-].[Zr+2]=[C](c1ccccc1)c1ccccc1. The molecule has 0 saturated carbocycles. The molecule has 0 saturated heterocycles. The van der Waals surface area contributed by atoms with Crippen LogP contribution in [0.3, 0.4) is 0 Å². The number of benzene rings is 3. The monoisotopic (exact) mass is 667 g/mol. The normalized spacial score (nSPS) is 15.4. The maximum atomic E-state index is 3.86. The minimum atomic E-state index is 0. The van der Waals surface area contributed by atoms with Gasteiger partial charge in [0.2, 0.25) is 0 Å². The van der Waals surface area contributed by atoms with E-state index < -0.39 is 0 Å². The molecule has 0 amide bonds. The van der Waals surface area contributed by atoms with Crippen LogP contribution in [0.1, 0.15) is 69.2 Å². The van der Waals surface area contributed by atoms with E-state index in [9.17, 15) is 0 Å². The predicted octanol–water partition coefficient (Wildman–Crippen LogP) is 2.00. The van der Waals surface area contributed by atoms with Crippen LogP contribution in [0.2, 0.25) is 0 Å². The molecular weight excluding hydrogens is 631 g/mol. The van der Waals surface area contributed by atoms with Crippen LogP contribution in [0.5, 0.6) is 0 Å². The van der Waals surface area contributed by atoms with E-state index in [2.05, 4.69) is 137 Å². The van der Waals surface area contributed by atoms with Gasteiger partial charge >= 0.3 is 99.2 Å². The second-order valence-corrected chi connectivity index (χ2v) is 12.0. The number of allylic oxidation sites excluding steroid dienone is 8. The molecule has 3 aliphatic carbocycles. The molecule has 214 valence electrons. The van der Waals surface area contributed by atoms with Crippen molar-refractivity contribution in [1.82, 2.24) is 0 Å². The van der Waals surface area contributed by atoms with Crippen molar-refractivity contribution in [3.63, 3.8) is 0 Å². The molecule has 42 heavy (non-hydrogen) atoms. The first-order valence-electron chi connectivity index (χ1n) is 14.8. The van der Waals surface area contributed by atoms with Gasteiger partial charge in [-0.05, 0) is 37.5 Å². The quantitative estimate of drug-likeness (QED) is 0.338. The first-order chi connectivity index (χ1) is 19.5. The van der Waals surface area contributed by atoms with E-state index in [4.69, 9.17) is 0 Å². The summed E-state index contributed by atoms with van der Waals surface area (Å²) in [6.07, 6.45) is 21.1. The van der Waals surface area contributed by atoms with Gasteiger partial charge in [-0.1, -0.05) is 86.4 Å². The molecule has 0 unspecified atom stereocenters. The molecule has 0 spiro atoms. The standard InChI is InChI=1S/C26H29.C13H10.2ClH.Zr/c1-5-18-15-19(6-2)24-21(16-18)17-23-22(24)13-14-26(7-3,8-4)25(23)20-11-9-10-12-20;1-3-7-12(8-4-1)11-13-9-5-2-6-10-13;;;/h9-11,13-16H,5-8,12H2,1-4H3;1-10H;2*1H;/q-1;;;;+2/p-2. The van der Waals surface area contributed by atoms with Crippen LogP contribution in [0.4, 0.5) is 0 Å². The van der Waals surface area contributed by atoms with Gasteiger partial charge in [0.1, 0.15) is 0 Å². The molecule has 0 fully saturated rings. The molecule has 3 aliphatic rings. The van der Waals surface area contributed by atoms with Gasteiger partial charge in [0.05, 0.1) is 0 Å². The first-order valence-corrected chi connectivity index (χ1v) is 16.1. The van der Waals surface area contributed by atoms with Gasteiger partial charge in [0.25, 0.3) is 0 Å². The van der Waals surface area contributed by atoms with E-state index in [1.54, 1.807) is 0 Å². The Hall–Kier alpha value is -2.31. The van der Waals surface area contributed by atoms with Gasteiger partial charge < -0.3 is 24.8 Å². The van der Waals surface area contributed by atoms with Crippen LogP contribution >= 0.6 is 0 Å². The summed E-state index contributed by atoms with van der Waals surface area (Å²) in [5.41, 5.74) is 11.5.